The smallest absolute Gasteiger partial charge is 0.0774 e. The van der Waals surface area contributed by atoms with Crippen LogP contribution in [0.1, 0.15) is 31.7 Å². The van der Waals surface area contributed by atoms with Gasteiger partial charge in [0.25, 0.3) is 0 Å². The maximum Gasteiger partial charge on any atom is 0.0774 e. The van der Waals surface area contributed by atoms with Crippen LogP contribution in [0.15, 0.2) is 30.3 Å². The highest BCUT2D eigenvalue weighted by Crippen LogP contribution is 2.33. The molecule has 1 aromatic carbocycles. The Bertz CT molecular complexity index is 325. The van der Waals surface area contributed by atoms with Crippen molar-refractivity contribution in [2.24, 2.45) is 5.92 Å². The molecule has 0 bridgehead atoms. The van der Waals surface area contributed by atoms with Gasteiger partial charge in [-0.25, -0.2) is 0 Å². The van der Waals surface area contributed by atoms with Crippen LogP contribution in [0.25, 0.3) is 0 Å². The van der Waals surface area contributed by atoms with Gasteiger partial charge >= 0.3 is 0 Å². The number of rotatable bonds is 4. The van der Waals surface area contributed by atoms with E-state index in [4.69, 9.17) is 0 Å². The molecule has 0 unspecified atom stereocenters. The summed E-state index contributed by atoms with van der Waals surface area (Å²) in [7, 11) is 0. The van der Waals surface area contributed by atoms with Crippen LogP contribution < -0.4 is 5.32 Å². The van der Waals surface area contributed by atoms with Crippen molar-refractivity contribution >= 4 is 0 Å². The molecular formula is C14H21NO. The number of nitrogens with one attached hydrogen (secondary N) is 1. The van der Waals surface area contributed by atoms with E-state index in [9.17, 15) is 5.11 Å². The first-order valence-electron chi connectivity index (χ1n) is 6.15. The van der Waals surface area contributed by atoms with Crippen molar-refractivity contribution in [3.8, 4) is 0 Å². The molecule has 88 valence electrons. The van der Waals surface area contributed by atoms with E-state index in [0.29, 0.717) is 12.5 Å². The third-order valence-corrected chi connectivity index (χ3v) is 3.46. The SMILES string of the molecule is C[C@@H]1CC[C@@](O)(CNCc2ccccc2)C1. The van der Waals surface area contributed by atoms with Crippen molar-refractivity contribution in [2.75, 3.05) is 6.54 Å². The predicted molar refractivity (Wildman–Crippen MR) is 66.1 cm³/mol. The minimum Gasteiger partial charge on any atom is -0.389 e. The zero-order valence-electron chi connectivity index (χ0n) is 9.95. The van der Waals surface area contributed by atoms with E-state index >= 15 is 0 Å². The molecule has 1 aliphatic rings. The van der Waals surface area contributed by atoms with E-state index in [2.05, 4.69) is 24.4 Å². The summed E-state index contributed by atoms with van der Waals surface area (Å²) in [5.41, 5.74) is 0.811. The number of hydrogen-bond acceptors (Lipinski definition) is 2. The van der Waals surface area contributed by atoms with E-state index in [1.165, 1.54) is 5.56 Å². The molecule has 0 aromatic heterocycles. The average Bonchev–Trinajstić information content (AvgIpc) is 2.60. The molecule has 0 spiro atoms. The van der Waals surface area contributed by atoms with Crippen molar-refractivity contribution in [1.29, 1.82) is 0 Å². The summed E-state index contributed by atoms with van der Waals surface area (Å²) >= 11 is 0. The highest BCUT2D eigenvalue weighted by Gasteiger charge is 2.34. The summed E-state index contributed by atoms with van der Waals surface area (Å²) in [6, 6.07) is 10.3. The summed E-state index contributed by atoms with van der Waals surface area (Å²) in [6.45, 7) is 3.78. The van der Waals surface area contributed by atoms with Crippen LogP contribution in [0.4, 0.5) is 0 Å². The lowest BCUT2D eigenvalue weighted by Gasteiger charge is -2.23. The molecule has 1 aromatic rings. The van der Waals surface area contributed by atoms with Crippen LogP contribution in [0.5, 0.6) is 0 Å². The number of benzene rings is 1. The summed E-state index contributed by atoms with van der Waals surface area (Å²) in [4.78, 5) is 0. The first-order valence-corrected chi connectivity index (χ1v) is 6.15. The summed E-state index contributed by atoms with van der Waals surface area (Å²) in [5, 5.41) is 13.6. The standard InChI is InChI=1S/C14H21NO/c1-12-7-8-14(16,9-12)11-15-10-13-5-3-2-4-6-13/h2-6,12,15-16H,7-11H2,1H3/t12-,14+/m1/s1. The Hall–Kier alpha value is -0.860. The molecule has 16 heavy (non-hydrogen) atoms. The second-order valence-corrected chi connectivity index (χ2v) is 5.16. The van der Waals surface area contributed by atoms with Gasteiger partial charge in [-0.15, -0.1) is 0 Å². The van der Waals surface area contributed by atoms with Crippen LogP contribution in [-0.4, -0.2) is 17.3 Å². The Labute approximate surface area is 97.7 Å². The molecule has 2 rings (SSSR count). The van der Waals surface area contributed by atoms with Crippen LogP contribution in [0.2, 0.25) is 0 Å². The van der Waals surface area contributed by atoms with E-state index in [1.54, 1.807) is 0 Å². The van der Waals surface area contributed by atoms with Gasteiger partial charge in [0, 0.05) is 13.1 Å². The number of hydrogen-bond donors (Lipinski definition) is 2. The van der Waals surface area contributed by atoms with Crippen LogP contribution >= 0.6 is 0 Å². The van der Waals surface area contributed by atoms with Crippen molar-refractivity contribution in [2.45, 2.75) is 38.3 Å². The molecule has 2 N–H and O–H groups in total. The Morgan fingerprint density at radius 2 is 2.12 bits per heavy atom. The first-order chi connectivity index (χ1) is 7.68. The van der Waals surface area contributed by atoms with Crippen LogP contribution in [0.3, 0.4) is 0 Å². The largest absolute Gasteiger partial charge is 0.389 e. The Morgan fingerprint density at radius 1 is 1.38 bits per heavy atom. The van der Waals surface area contributed by atoms with Gasteiger partial charge in [-0.3, -0.25) is 0 Å². The van der Waals surface area contributed by atoms with Gasteiger partial charge < -0.3 is 10.4 Å². The fourth-order valence-corrected chi connectivity index (χ4v) is 2.56. The van der Waals surface area contributed by atoms with E-state index in [-0.39, 0.29) is 0 Å². The Balaban J connectivity index is 1.76. The molecule has 0 heterocycles. The molecule has 1 saturated carbocycles. The minimum atomic E-state index is -0.464. The topological polar surface area (TPSA) is 32.3 Å². The lowest BCUT2D eigenvalue weighted by molar-refractivity contribution is 0.0440. The highest BCUT2D eigenvalue weighted by molar-refractivity contribution is 5.14. The maximum absolute atomic E-state index is 10.3. The predicted octanol–water partition coefficient (Wildman–Crippen LogP) is 2.33. The second kappa shape index (κ2) is 4.98. The van der Waals surface area contributed by atoms with E-state index < -0.39 is 5.60 Å². The van der Waals surface area contributed by atoms with Gasteiger partial charge in [0.05, 0.1) is 5.60 Å². The molecule has 2 heteroatoms. The van der Waals surface area contributed by atoms with Crippen molar-refractivity contribution in [1.82, 2.24) is 5.32 Å². The van der Waals surface area contributed by atoms with Crippen molar-refractivity contribution in [3.63, 3.8) is 0 Å². The van der Waals surface area contributed by atoms with Gasteiger partial charge in [0.15, 0.2) is 0 Å². The van der Waals surface area contributed by atoms with E-state index in [0.717, 1.165) is 25.8 Å². The summed E-state index contributed by atoms with van der Waals surface area (Å²) < 4.78 is 0. The molecule has 2 atom stereocenters. The monoisotopic (exact) mass is 219 g/mol. The highest BCUT2D eigenvalue weighted by atomic mass is 16.3. The molecule has 0 aliphatic heterocycles. The lowest BCUT2D eigenvalue weighted by Crippen LogP contribution is -2.38. The van der Waals surface area contributed by atoms with Gasteiger partial charge in [-0.1, -0.05) is 37.3 Å². The average molecular weight is 219 g/mol. The number of aliphatic hydroxyl groups is 1. The van der Waals surface area contributed by atoms with Crippen molar-refractivity contribution in [3.05, 3.63) is 35.9 Å². The van der Waals surface area contributed by atoms with Gasteiger partial charge in [-0.05, 0) is 30.7 Å². The lowest BCUT2D eigenvalue weighted by atomic mass is 10.0. The van der Waals surface area contributed by atoms with Gasteiger partial charge in [-0.2, -0.15) is 0 Å². The summed E-state index contributed by atoms with van der Waals surface area (Å²) in [5.74, 6) is 0.670. The van der Waals surface area contributed by atoms with E-state index in [1.807, 2.05) is 18.2 Å². The van der Waals surface area contributed by atoms with Gasteiger partial charge in [0.1, 0.15) is 0 Å². The molecular weight excluding hydrogens is 198 g/mol. The second-order valence-electron chi connectivity index (χ2n) is 5.16. The Kier molecular flexibility index (Phi) is 3.62. The van der Waals surface area contributed by atoms with Crippen molar-refractivity contribution < 1.29 is 5.11 Å². The molecule has 0 radical (unpaired) electrons. The fourth-order valence-electron chi connectivity index (χ4n) is 2.56. The van der Waals surface area contributed by atoms with Crippen LogP contribution in [0, 0.1) is 5.92 Å². The Morgan fingerprint density at radius 3 is 2.75 bits per heavy atom. The molecule has 0 amide bonds. The van der Waals surface area contributed by atoms with Crippen LogP contribution in [-0.2, 0) is 6.54 Å². The zero-order chi connectivity index (χ0) is 11.4. The molecule has 2 nitrogen and oxygen atoms in total. The fraction of sp³-hybridized carbons (Fsp3) is 0.571. The molecule has 0 saturated heterocycles. The molecule has 1 aliphatic carbocycles. The maximum atomic E-state index is 10.3. The molecule has 1 fully saturated rings. The first kappa shape index (κ1) is 11.6. The third kappa shape index (κ3) is 3.06. The zero-order valence-corrected chi connectivity index (χ0v) is 9.95. The minimum absolute atomic E-state index is 0.464. The van der Waals surface area contributed by atoms with Gasteiger partial charge in [0.2, 0.25) is 0 Å². The third-order valence-electron chi connectivity index (χ3n) is 3.46. The quantitative estimate of drug-likeness (QED) is 0.814. The summed E-state index contributed by atoms with van der Waals surface area (Å²) in [6.07, 6.45) is 3.04. The normalized spacial score (nSPS) is 29.5.